The van der Waals surface area contributed by atoms with Gasteiger partial charge in [0.25, 0.3) is 0 Å². The van der Waals surface area contributed by atoms with Gasteiger partial charge >= 0.3 is 0 Å². The topological polar surface area (TPSA) is 106 Å². The third kappa shape index (κ3) is 5.40. The highest BCUT2D eigenvalue weighted by molar-refractivity contribution is 7.89. The van der Waals surface area contributed by atoms with Gasteiger partial charge in [0.15, 0.2) is 5.82 Å². The van der Waals surface area contributed by atoms with Crippen molar-refractivity contribution in [2.75, 3.05) is 33.4 Å². The number of carbonyl (C=O) groups excluding carboxylic acids is 1. The molecule has 0 unspecified atom stereocenters. The van der Waals surface area contributed by atoms with Crippen LogP contribution in [0.25, 0.3) is 0 Å². The zero-order chi connectivity index (χ0) is 20.9. The Morgan fingerprint density at radius 3 is 2.52 bits per heavy atom. The Balaban J connectivity index is 1.53. The van der Waals surface area contributed by atoms with E-state index in [0.29, 0.717) is 57.3 Å². The molecule has 1 aromatic heterocycles. The molecular formula is C19H26N4O5S. The van der Waals surface area contributed by atoms with Crippen LogP contribution in [0, 0.1) is 0 Å². The second-order valence-electron chi connectivity index (χ2n) is 6.87. The molecule has 1 saturated heterocycles. The molecule has 9 nitrogen and oxygen atoms in total. The minimum Gasteiger partial charge on any atom is -0.379 e. The highest BCUT2D eigenvalue weighted by Crippen LogP contribution is 2.18. The lowest BCUT2D eigenvalue weighted by Crippen LogP contribution is -2.40. The lowest BCUT2D eigenvalue weighted by molar-refractivity contribution is -0.130. The summed E-state index contributed by atoms with van der Waals surface area (Å²) in [5.74, 6) is 0.981. The fourth-order valence-corrected chi connectivity index (χ4v) is 4.40. The number of aromatic nitrogens is 2. The minimum absolute atomic E-state index is 0.0498. The average Bonchev–Trinajstić information content (AvgIpc) is 3.20. The number of rotatable bonds is 8. The van der Waals surface area contributed by atoms with Gasteiger partial charge in [0.05, 0.1) is 24.7 Å². The first kappa shape index (κ1) is 21.4. The maximum absolute atomic E-state index is 12.6. The van der Waals surface area contributed by atoms with Crippen LogP contribution in [0.2, 0.25) is 0 Å². The van der Waals surface area contributed by atoms with Crippen LogP contribution in [0.4, 0.5) is 0 Å². The van der Waals surface area contributed by atoms with Crippen LogP contribution in [-0.4, -0.2) is 67.0 Å². The van der Waals surface area contributed by atoms with Gasteiger partial charge in [-0.25, -0.2) is 8.42 Å². The van der Waals surface area contributed by atoms with Crippen LogP contribution < -0.4 is 0 Å². The van der Waals surface area contributed by atoms with Crippen molar-refractivity contribution in [2.24, 2.45) is 0 Å². The summed E-state index contributed by atoms with van der Waals surface area (Å²) in [6.45, 7) is 3.76. The molecule has 1 aliphatic heterocycles. The number of nitrogens with zero attached hydrogens (tertiary/aromatic N) is 4. The van der Waals surface area contributed by atoms with Crippen molar-refractivity contribution in [3.8, 4) is 0 Å². The van der Waals surface area contributed by atoms with Gasteiger partial charge in [0.1, 0.15) is 0 Å². The van der Waals surface area contributed by atoms with E-state index < -0.39 is 10.0 Å². The number of hydrogen-bond acceptors (Lipinski definition) is 7. The number of aryl methyl sites for hydroxylation is 2. The molecule has 0 atom stereocenters. The van der Waals surface area contributed by atoms with Crippen LogP contribution in [-0.2, 0) is 38.9 Å². The van der Waals surface area contributed by atoms with Crippen molar-refractivity contribution in [1.29, 1.82) is 0 Å². The predicted molar refractivity (Wildman–Crippen MR) is 104 cm³/mol. The molecule has 1 amide bonds. The van der Waals surface area contributed by atoms with Crippen molar-refractivity contribution in [3.05, 3.63) is 41.5 Å². The van der Waals surface area contributed by atoms with E-state index in [1.165, 1.54) is 4.31 Å². The first-order valence-electron chi connectivity index (χ1n) is 9.62. The fourth-order valence-electron chi connectivity index (χ4n) is 3.00. The summed E-state index contributed by atoms with van der Waals surface area (Å²) in [6, 6.07) is 6.70. The Morgan fingerprint density at radius 2 is 1.90 bits per heavy atom. The van der Waals surface area contributed by atoms with E-state index in [4.69, 9.17) is 9.26 Å². The monoisotopic (exact) mass is 422 g/mol. The second-order valence-corrected chi connectivity index (χ2v) is 8.81. The van der Waals surface area contributed by atoms with E-state index in [-0.39, 0.29) is 17.3 Å². The SMILES string of the molecule is CCc1noc(CN(C)C(=O)CCc2ccc(S(=O)(=O)N3CCOCC3)cc2)n1. The smallest absolute Gasteiger partial charge is 0.246 e. The van der Waals surface area contributed by atoms with Gasteiger partial charge in [0, 0.05) is 33.0 Å². The summed E-state index contributed by atoms with van der Waals surface area (Å²) in [6.07, 6.45) is 1.50. The van der Waals surface area contributed by atoms with E-state index in [0.717, 1.165) is 5.56 Å². The summed E-state index contributed by atoms with van der Waals surface area (Å²) >= 11 is 0. The van der Waals surface area contributed by atoms with Crippen molar-refractivity contribution >= 4 is 15.9 Å². The van der Waals surface area contributed by atoms with Crippen LogP contribution in [0.5, 0.6) is 0 Å². The van der Waals surface area contributed by atoms with Gasteiger partial charge in [-0.1, -0.05) is 24.2 Å². The van der Waals surface area contributed by atoms with E-state index >= 15 is 0 Å². The third-order valence-electron chi connectivity index (χ3n) is 4.78. The molecule has 29 heavy (non-hydrogen) atoms. The van der Waals surface area contributed by atoms with E-state index in [9.17, 15) is 13.2 Å². The van der Waals surface area contributed by atoms with E-state index in [2.05, 4.69) is 10.1 Å². The molecule has 0 N–H and O–H groups in total. The van der Waals surface area contributed by atoms with Crippen LogP contribution >= 0.6 is 0 Å². The highest BCUT2D eigenvalue weighted by Gasteiger charge is 2.26. The molecule has 1 aliphatic rings. The number of hydrogen-bond donors (Lipinski definition) is 0. The van der Waals surface area contributed by atoms with Gasteiger partial charge in [0.2, 0.25) is 21.8 Å². The molecule has 10 heteroatoms. The Bertz CT molecular complexity index is 920. The molecule has 158 valence electrons. The quantitative estimate of drug-likeness (QED) is 0.630. The van der Waals surface area contributed by atoms with Crippen LogP contribution in [0.3, 0.4) is 0 Å². The van der Waals surface area contributed by atoms with Gasteiger partial charge in [-0.05, 0) is 24.1 Å². The molecular weight excluding hydrogens is 396 g/mol. The summed E-state index contributed by atoms with van der Waals surface area (Å²) in [5.41, 5.74) is 0.902. The summed E-state index contributed by atoms with van der Waals surface area (Å²) in [4.78, 5) is 18.4. The predicted octanol–water partition coefficient (Wildman–Crippen LogP) is 1.24. The summed E-state index contributed by atoms with van der Waals surface area (Å²) in [7, 11) is -1.81. The third-order valence-corrected chi connectivity index (χ3v) is 6.70. The molecule has 0 aliphatic carbocycles. The lowest BCUT2D eigenvalue weighted by atomic mass is 10.1. The molecule has 0 radical (unpaired) electrons. The normalized spacial score (nSPS) is 15.4. The van der Waals surface area contributed by atoms with Crippen molar-refractivity contribution in [2.45, 2.75) is 37.6 Å². The van der Waals surface area contributed by atoms with Gasteiger partial charge < -0.3 is 14.2 Å². The standard InChI is InChI=1S/C19H26N4O5S/c1-3-17-20-18(28-21-17)14-22(2)19(24)9-6-15-4-7-16(8-5-15)29(25,26)23-10-12-27-13-11-23/h4-5,7-8H,3,6,9-14H2,1-2H3. The number of ether oxygens (including phenoxy) is 1. The Kier molecular flexibility index (Phi) is 6.99. The number of benzene rings is 1. The first-order valence-corrected chi connectivity index (χ1v) is 11.1. The zero-order valence-electron chi connectivity index (χ0n) is 16.7. The largest absolute Gasteiger partial charge is 0.379 e. The van der Waals surface area contributed by atoms with E-state index in [1.54, 1.807) is 36.2 Å². The molecule has 0 saturated carbocycles. The Morgan fingerprint density at radius 1 is 1.21 bits per heavy atom. The average molecular weight is 423 g/mol. The minimum atomic E-state index is -3.50. The number of morpholine rings is 1. The lowest BCUT2D eigenvalue weighted by Gasteiger charge is -2.26. The molecule has 0 spiro atoms. The van der Waals surface area contributed by atoms with Crippen LogP contribution in [0.1, 0.15) is 30.6 Å². The maximum atomic E-state index is 12.6. The molecule has 1 aromatic carbocycles. The van der Waals surface area contributed by atoms with Gasteiger partial charge in [-0.2, -0.15) is 9.29 Å². The zero-order valence-corrected chi connectivity index (χ0v) is 17.5. The fraction of sp³-hybridized carbons (Fsp3) is 0.526. The second kappa shape index (κ2) is 9.47. The number of amides is 1. The molecule has 2 aromatic rings. The summed E-state index contributed by atoms with van der Waals surface area (Å²) in [5, 5.41) is 3.82. The molecule has 3 rings (SSSR count). The van der Waals surface area contributed by atoms with Crippen molar-refractivity contribution < 1.29 is 22.5 Å². The number of sulfonamides is 1. The highest BCUT2D eigenvalue weighted by atomic mass is 32.2. The first-order chi connectivity index (χ1) is 13.9. The van der Waals surface area contributed by atoms with Crippen molar-refractivity contribution in [1.82, 2.24) is 19.3 Å². The summed E-state index contributed by atoms with van der Waals surface area (Å²) < 4.78 is 37.0. The van der Waals surface area contributed by atoms with Crippen molar-refractivity contribution in [3.63, 3.8) is 0 Å². The number of carbonyl (C=O) groups is 1. The van der Waals surface area contributed by atoms with E-state index in [1.807, 2.05) is 6.92 Å². The Hall–Kier alpha value is -2.30. The van der Waals surface area contributed by atoms with Gasteiger partial charge in [-0.3, -0.25) is 4.79 Å². The molecule has 1 fully saturated rings. The maximum Gasteiger partial charge on any atom is 0.246 e. The van der Waals surface area contributed by atoms with Crippen LogP contribution in [0.15, 0.2) is 33.7 Å². The molecule has 2 heterocycles. The molecule has 0 bridgehead atoms. The van der Waals surface area contributed by atoms with Gasteiger partial charge in [-0.15, -0.1) is 0 Å². The Labute approximate surface area is 170 Å².